The van der Waals surface area contributed by atoms with Crippen LogP contribution in [-0.4, -0.2) is 12.0 Å². The van der Waals surface area contributed by atoms with Crippen molar-refractivity contribution >= 4 is 17.5 Å². The number of benzene rings is 2. The predicted octanol–water partition coefficient (Wildman–Crippen LogP) is 5.40. The van der Waals surface area contributed by atoms with Gasteiger partial charge in [0.2, 0.25) is 0 Å². The highest BCUT2D eigenvalue weighted by atomic mass is 35.5. The molecule has 2 atom stereocenters. The fourth-order valence-corrected chi connectivity index (χ4v) is 2.91. The Morgan fingerprint density at radius 2 is 1.84 bits per heavy atom. The molecular weight excluding hydrogens is 334 g/mol. The zero-order valence-corrected chi connectivity index (χ0v) is 15.8. The van der Waals surface area contributed by atoms with Crippen LogP contribution in [0.25, 0.3) is 0 Å². The molecule has 1 amide bonds. The van der Waals surface area contributed by atoms with Crippen molar-refractivity contribution in [1.82, 2.24) is 5.32 Å². The molecule has 0 heterocycles. The molecule has 0 fully saturated rings. The first-order chi connectivity index (χ1) is 12.0. The van der Waals surface area contributed by atoms with Crippen molar-refractivity contribution in [3.63, 3.8) is 0 Å². The van der Waals surface area contributed by atoms with Gasteiger partial charge >= 0.3 is 0 Å². The molecule has 0 saturated carbocycles. The number of ether oxygens (including phenoxy) is 1. The Morgan fingerprint density at radius 1 is 1.12 bits per heavy atom. The zero-order valence-electron chi connectivity index (χ0n) is 15.0. The maximum Gasteiger partial charge on any atom is 0.261 e. The Morgan fingerprint density at radius 3 is 2.44 bits per heavy atom. The second-order valence-electron chi connectivity index (χ2n) is 6.57. The summed E-state index contributed by atoms with van der Waals surface area (Å²) in [6.07, 6.45) is 0.919. The topological polar surface area (TPSA) is 38.3 Å². The van der Waals surface area contributed by atoms with Gasteiger partial charge in [0, 0.05) is 5.02 Å². The highest BCUT2D eigenvalue weighted by Crippen LogP contribution is 2.23. The van der Waals surface area contributed by atoms with Gasteiger partial charge in [0.25, 0.3) is 5.91 Å². The van der Waals surface area contributed by atoms with E-state index in [0.29, 0.717) is 23.1 Å². The SMILES string of the molecule is CC[C@H](Oc1cccc(Cl)c1)C(=O)N[C@@H](CC(C)C)c1ccccc1. The van der Waals surface area contributed by atoms with Crippen LogP contribution in [-0.2, 0) is 4.79 Å². The predicted molar refractivity (Wildman–Crippen MR) is 103 cm³/mol. The smallest absolute Gasteiger partial charge is 0.261 e. The van der Waals surface area contributed by atoms with Crippen LogP contribution in [0.3, 0.4) is 0 Å². The van der Waals surface area contributed by atoms with Crippen LogP contribution in [0.5, 0.6) is 5.75 Å². The average Bonchev–Trinajstić information content (AvgIpc) is 2.59. The van der Waals surface area contributed by atoms with Crippen molar-refractivity contribution in [3.8, 4) is 5.75 Å². The van der Waals surface area contributed by atoms with E-state index in [1.807, 2.05) is 49.4 Å². The summed E-state index contributed by atoms with van der Waals surface area (Å²) in [7, 11) is 0. The Kier molecular flexibility index (Phi) is 7.32. The normalized spacial score (nSPS) is 13.3. The third kappa shape index (κ3) is 6.09. The minimum atomic E-state index is -0.545. The van der Waals surface area contributed by atoms with Crippen LogP contribution in [0.15, 0.2) is 54.6 Å². The number of carbonyl (C=O) groups excluding carboxylic acids is 1. The fourth-order valence-electron chi connectivity index (χ4n) is 2.73. The lowest BCUT2D eigenvalue weighted by Gasteiger charge is -2.24. The molecule has 0 unspecified atom stereocenters. The molecule has 25 heavy (non-hydrogen) atoms. The molecule has 4 heteroatoms. The summed E-state index contributed by atoms with van der Waals surface area (Å²) in [6.45, 7) is 6.25. The van der Waals surface area contributed by atoms with Gasteiger partial charge in [-0.1, -0.05) is 68.8 Å². The number of amides is 1. The second kappa shape index (κ2) is 9.47. The lowest BCUT2D eigenvalue weighted by atomic mass is 9.96. The van der Waals surface area contributed by atoms with E-state index >= 15 is 0 Å². The molecule has 0 bridgehead atoms. The number of rotatable bonds is 8. The number of hydrogen-bond acceptors (Lipinski definition) is 2. The Bertz CT molecular complexity index is 673. The zero-order chi connectivity index (χ0) is 18.2. The monoisotopic (exact) mass is 359 g/mol. The first-order valence-electron chi connectivity index (χ1n) is 8.77. The molecule has 0 spiro atoms. The molecular formula is C21H26ClNO2. The molecule has 0 aliphatic rings. The lowest BCUT2D eigenvalue weighted by molar-refractivity contribution is -0.129. The van der Waals surface area contributed by atoms with E-state index in [4.69, 9.17) is 16.3 Å². The number of carbonyl (C=O) groups is 1. The molecule has 134 valence electrons. The number of halogens is 1. The summed E-state index contributed by atoms with van der Waals surface area (Å²) in [6, 6.07) is 17.2. The van der Waals surface area contributed by atoms with Gasteiger partial charge < -0.3 is 10.1 Å². The highest BCUT2D eigenvalue weighted by Gasteiger charge is 2.23. The molecule has 1 N–H and O–H groups in total. The largest absolute Gasteiger partial charge is 0.481 e. The minimum absolute atomic E-state index is 0.0225. The minimum Gasteiger partial charge on any atom is -0.481 e. The molecule has 0 aliphatic heterocycles. The van der Waals surface area contributed by atoms with Gasteiger partial charge in [0.15, 0.2) is 6.10 Å². The van der Waals surface area contributed by atoms with Gasteiger partial charge in [-0.2, -0.15) is 0 Å². The summed E-state index contributed by atoms with van der Waals surface area (Å²) in [5.41, 5.74) is 1.11. The van der Waals surface area contributed by atoms with Crippen molar-refractivity contribution in [1.29, 1.82) is 0 Å². The van der Waals surface area contributed by atoms with Crippen LogP contribution in [0.2, 0.25) is 5.02 Å². The van der Waals surface area contributed by atoms with Crippen molar-refractivity contribution < 1.29 is 9.53 Å². The molecule has 0 saturated heterocycles. The van der Waals surface area contributed by atoms with Crippen LogP contribution < -0.4 is 10.1 Å². The first-order valence-corrected chi connectivity index (χ1v) is 9.15. The maximum absolute atomic E-state index is 12.8. The Labute approximate surface area is 155 Å². The van der Waals surface area contributed by atoms with Crippen LogP contribution in [0.1, 0.15) is 45.2 Å². The van der Waals surface area contributed by atoms with E-state index in [2.05, 4.69) is 19.2 Å². The molecule has 2 aromatic rings. The molecule has 0 aromatic heterocycles. The number of nitrogens with one attached hydrogen (secondary N) is 1. The second-order valence-corrected chi connectivity index (χ2v) is 7.01. The quantitative estimate of drug-likeness (QED) is 0.685. The van der Waals surface area contributed by atoms with Crippen LogP contribution in [0, 0.1) is 5.92 Å². The van der Waals surface area contributed by atoms with Crippen molar-refractivity contribution in [2.45, 2.75) is 45.8 Å². The Hall–Kier alpha value is -2.00. The van der Waals surface area contributed by atoms with Crippen molar-refractivity contribution in [2.75, 3.05) is 0 Å². The van der Waals surface area contributed by atoms with E-state index in [9.17, 15) is 4.79 Å². The summed E-state index contributed by atoms with van der Waals surface area (Å²) in [5, 5.41) is 3.75. The van der Waals surface area contributed by atoms with Gasteiger partial charge in [-0.3, -0.25) is 4.79 Å². The maximum atomic E-state index is 12.8. The molecule has 2 rings (SSSR count). The van der Waals surface area contributed by atoms with E-state index in [0.717, 1.165) is 12.0 Å². The third-order valence-electron chi connectivity index (χ3n) is 3.96. The first kappa shape index (κ1) is 19.3. The summed E-state index contributed by atoms with van der Waals surface area (Å²) in [5.74, 6) is 0.978. The van der Waals surface area contributed by atoms with E-state index in [1.54, 1.807) is 12.1 Å². The molecule has 2 aromatic carbocycles. The summed E-state index contributed by atoms with van der Waals surface area (Å²) in [4.78, 5) is 12.8. The lowest BCUT2D eigenvalue weighted by Crippen LogP contribution is -2.40. The van der Waals surface area contributed by atoms with Gasteiger partial charge in [-0.25, -0.2) is 0 Å². The van der Waals surface area contributed by atoms with Crippen LogP contribution in [0.4, 0.5) is 0 Å². The van der Waals surface area contributed by atoms with E-state index in [-0.39, 0.29) is 11.9 Å². The van der Waals surface area contributed by atoms with Crippen molar-refractivity contribution in [2.24, 2.45) is 5.92 Å². The highest BCUT2D eigenvalue weighted by molar-refractivity contribution is 6.30. The van der Waals surface area contributed by atoms with Crippen molar-refractivity contribution in [3.05, 3.63) is 65.2 Å². The van der Waals surface area contributed by atoms with Gasteiger partial charge in [-0.15, -0.1) is 0 Å². The van der Waals surface area contributed by atoms with E-state index in [1.165, 1.54) is 0 Å². The average molecular weight is 360 g/mol. The third-order valence-corrected chi connectivity index (χ3v) is 4.20. The van der Waals surface area contributed by atoms with E-state index < -0.39 is 6.10 Å². The van der Waals surface area contributed by atoms with Gasteiger partial charge in [0.1, 0.15) is 5.75 Å². The molecule has 3 nitrogen and oxygen atoms in total. The molecule has 0 aliphatic carbocycles. The Balaban J connectivity index is 2.09. The number of hydrogen-bond donors (Lipinski definition) is 1. The fraction of sp³-hybridized carbons (Fsp3) is 0.381. The summed E-state index contributed by atoms with van der Waals surface area (Å²) >= 11 is 5.99. The van der Waals surface area contributed by atoms with Gasteiger partial charge in [-0.05, 0) is 42.5 Å². The standard InChI is InChI=1S/C21H26ClNO2/c1-4-20(25-18-12-8-11-17(22)14-18)21(24)23-19(13-15(2)3)16-9-6-5-7-10-16/h5-12,14-15,19-20H,4,13H2,1-3H3,(H,23,24)/t19-,20-/m0/s1. The van der Waals surface area contributed by atoms with Gasteiger partial charge in [0.05, 0.1) is 6.04 Å². The summed E-state index contributed by atoms with van der Waals surface area (Å²) < 4.78 is 5.85. The molecule has 0 radical (unpaired) electrons. The van der Waals surface area contributed by atoms with Crippen LogP contribution >= 0.6 is 11.6 Å².